The number of nitrogens with zero attached hydrogens (tertiary/aromatic N) is 4. The van der Waals surface area contributed by atoms with Crippen LogP contribution in [0.15, 0.2) is 6.07 Å². The Bertz CT molecular complexity index is 840. The number of hydrogen-bond donors (Lipinski definition) is 1. The molecule has 0 aromatic carbocycles. The summed E-state index contributed by atoms with van der Waals surface area (Å²) in [5.41, 5.74) is 0.788. The molecule has 9 heteroatoms. The van der Waals surface area contributed by atoms with E-state index in [1.54, 1.807) is 4.68 Å². The minimum atomic E-state index is -3.01. The molecule has 162 valence electrons. The highest BCUT2D eigenvalue weighted by atomic mass is 32.2. The second kappa shape index (κ2) is 8.35. The molecule has 1 N–H and O–H groups in total. The summed E-state index contributed by atoms with van der Waals surface area (Å²) in [6.07, 6.45) is 5.15. The van der Waals surface area contributed by atoms with Gasteiger partial charge in [-0.2, -0.15) is 5.10 Å². The van der Waals surface area contributed by atoms with Gasteiger partial charge in [0.05, 0.1) is 29.8 Å². The molecule has 0 bridgehead atoms. The minimum absolute atomic E-state index is 0.0307. The molecule has 1 aromatic heterocycles. The average molecular weight is 424 g/mol. The van der Waals surface area contributed by atoms with Crippen LogP contribution >= 0.6 is 0 Å². The van der Waals surface area contributed by atoms with Crippen LogP contribution in [0.2, 0.25) is 0 Å². The zero-order valence-corrected chi connectivity index (χ0v) is 18.3. The monoisotopic (exact) mass is 423 g/mol. The molecule has 1 aliphatic carbocycles. The van der Waals surface area contributed by atoms with E-state index in [1.807, 2.05) is 13.0 Å². The van der Waals surface area contributed by atoms with Crippen molar-refractivity contribution in [2.45, 2.75) is 64.1 Å². The smallest absolute Gasteiger partial charge is 0.239 e. The minimum Gasteiger partial charge on any atom is -0.310 e. The van der Waals surface area contributed by atoms with Crippen molar-refractivity contribution in [3.05, 3.63) is 11.8 Å². The van der Waals surface area contributed by atoms with Gasteiger partial charge in [-0.1, -0.05) is 6.92 Å². The Kier molecular flexibility index (Phi) is 5.99. The first-order valence-electron chi connectivity index (χ1n) is 10.9. The maximum absolute atomic E-state index is 12.9. The van der Waals surface area contributed by atoms with Crippen LogP contribution in [0.25, 0.3) is 0 Å². The van der Waals surface area contributed by atoms with Crippen molar-refractivity contribution in [3.63, 3.8) is 0 Å². The Morgan fingerprint density at radius 2 is 1.90 bits per heavy atom. The number of nitrogens with one attached hydrogen (secondary N) is 1. The molecular formula is C20H33N5O3S. The van der Waals surface area contributed by atoms with Crippen molar-refractivity contribution in [1.82, 2.24) is 19.6 Å². The molecule has 8 nitrogen and oxygen atoms in total. The molecule has 0 unspecified atom stereocenters. The van der Waals surface area contributed by atoms with Crippen molar-refractivity contribution in [2.24, 2.45) is 0 Å². The summed E-state index contributed by atoms with van der Waals surface area (Å²) in [5.74, 6) is 0.875. The maximum atomic E-state index is 12.9. The summed E-state index contributed by atoms with van der Waals surface area (Å²) >= 11 is 0. The lowest BCUT2D eigenvalue weighted by atomic mass is 10.0. The summed E-state index contributed by atoms with van der Waals surface area (Å²) in [4.78, 5) is 17.8. The lowest BCUT2D eigenvalue weighted by molar-refractivity contribution is -0.118. The number of rotatable bonds is 7. The first kappa shape index (κ1) is 20.8. The van der Waals surface area contributed by atoms with Crippen molar-refractivity contribution in [2.75, 3.05) is 43.0 Å². The fraction of sp³-hybridized carbons (Fsp3) is 0.800. The Labute approximate surface area is 173 Å². The quantitative estimate of drug-likeness (QED) is 0.714. The molecule has 1 amide bonds. The summed E-state index contributed by atoms with van der Waals surface area (Å²) in [6, 6.07) is 2.65. The van der Waals surface area contributed by atoms with Gasteiger partial charge in [-0.15, -0.1) is 0 Å². The average Bonchev–Trinajstić information content (AvgIpc) is 3.37. The van der Waals surface area contributed by atoms with E-state index < -0.39 is 9.84 Å². The largest absolute Gasteiger partial charge is 0.310 e. The Morgan fingerprint density at radius 1 is 1.21 bits per heavy atom. The molecular weight excluding hydrogens is 390 g/mol. The molecule has 0 spiro atoms. The molecule has 2 saturated heterocycles. The van der Waals surface area contributed by atoms with Gasteiger partial charge in [0, 0.05) is 18.2 Å². The van der Waals surface area contributed by atoms with Crippen LogP contribution in [-0.4, -0.2) is 83.7 Å². The van der Waals surface area contributed by atoms with Crippen molar-refractivity contribution in [3.8, 4) is 0 Å². The number of likely N-dealkylation sites (tertiary alicyclic amines) is 1. The number of sulfone groups is 1. The van der Waals surface area contributed by atoms with Gasteiger partial charge in [0.2, 0.25) is 5.91 Å². The van der Waals surface area contributed by atoms with Crippen LogP contribution in [0.3, 0.4) is 0 Å². The van der Waals surface area contributed by atoms with Crippen molar-refractivity contribution in [1.29, 1.82) is 0 Å². The van der Waals surface area contributed by atoms with Gasteiger partial charge >= 0.3 is 0 Å². The van der Waals surface area contributed by atoms with E-state index in [2.05, 4.69) is 27.1 Å². The highest BCUT2D eigenvalue weighted by Gasteiger charge is 2.37. The zero-order valence-electron chi connectivity index (χ0n) is 17.5. The van der Waals surface area contributed by atoms with Gasteiger partial charge in [-0.3, -0.25) is 9.69 Å². The third-order valence-electron chi connectivity index (χ3n) is 6.50. The van der Waals surface area contributed by atoms with E-state index in [0.717, 1.165) is 38.2 Å². The summed E-state index contributed by atoms with van der Waals surface area (Å²) in [5, 5.41) is 7.49. The van der Waals surface area contributed by atoms with Gasteiger partial charge in [-0.05, 0) is 58.7 Å². The second-order valence-corrected chi connectivity index (χ2v) is 11.0. The maximum Gasteiger partial charge on any atom is 0.239 e. The normalized spacial score (nSPS) is 25.6. The van der Waals surface area contributed by atoms with Gasteiger partial charge < -0.3 is 10.2 Å². The number of aromatic nitrogens is 2. The van der Waals surface area contributed by atoms with Gasteiger partial charge in [0.15, 0.2) is 9.84 Å². The van der Waals surface area contributed by atoms with E-state index in [0.29, 0.717) is 30.9 Å². The van der Waals surface area contributed by atoms with E-state index in [-0.39, 0.29) is 23.5 Å². The molecule has 1 aromatic rings. The Hall–Kier alpha value is -1.45. The number of anilines is 1. The lowest BCUT2D eigenvalue weighted by Crippen LogP contribution is -2.48. The SMILES string of the molecule is CCN1CCC(N(CC(=O)Nc2cc(C)nn2[C@@H]2CCS(=O)(=O)C2)C2CC2)CC1. The molecule has 3 fully saturated rings. The lowest BCUT2D eigenvalue weighted by Gasteiger charge is -2.38. The first-order valence-corrected chi connectivity index (χ1v) is 12.7. The first-order chi connectivity index (χ1) is 13.8. The molecule has 1 atom stereocenters. The second-order valence-electron chi connectivity index (χ2n) is 8.79. The third-order valence-corrected chi connectivity index (χ3v) is 8.25. The highest BCUT2D eigenvalue weighted by molar-refractivity contribution is 7.91. The number of aryl methyl sites for hydroxylation is 1. The van der Waals surface area contributed by atoms with Gasteiger partial charge in [-0.25, -0.2) is 13.1 Å². The summed E-state index contributed by atoms with van der Waals surface area (Å²) < 4.78 is 25.4. The zero-order chi connectivity index (χ0) is 20.6. The van der Waals surface area contributed by atoms with Gasteiger partial charge in [0.1, 0.15) is 5.82 Å². The highest BCUT2D eigenvalue weighted by Crippen LogP contribution is 2.32. The summed E-state index contributed by atoms with van der Waals surface area (Å²) in [7, 11) is -3.01. The predicted octanol–water partition coefficient (Wildman–Crippen LogP) is 1.44. The van der Waals surface area contributed by atoms with Crippen LogP contribution in [0.5, 0.6) is 0 Å². The fourth-order valence-corrected chi connectivity index (χ4v) is 6.43. The van der Waals surface area contributed by atoms with Crippen LogP contribution in [0.1, 0.15) is 50.8 Å². The number of carbonyl (C=O) groups excluding carboxylic acids is 1. The third kappa shape index (κ3) is 5.00. The van der Waals surface area contributed by atoms with E-state index in [9.17, 15) is 13.2 Å². The van der Waals surface area contributed by atoms with Crippen molar-refractivity contribution >= 4 is 21.6 Å². The molecule has 4 rings (SSSR count). The Balaban J connectivity index is 1.40. The van der Waals surface area contributed by atoms with E-state index >= 15 is 0 Å². The van der Waals surface area contributed by atoms with E-state index in [1.165, 1.54) is 12.8 Å². The van der Waals surface area contributed by atoms with Crippen LogP contribution in [0.4, 0.5) is 5.82 Å². The van der Waals surface area contributed by atoms with Crippen molar-refractivity contribution < 1.29 is 13.2 Å². The molecule has 1 saturated carbocycles. The number of piperidine rings is 1. The molecule has 3 aliphatic rings. The summed E-state index contributed by atoms with van der Waals surface area (Å²) in [6.45, 7) is 7.77. The Morgan fingerprint density at radius 3 is 2.48 bits per heavy atom. The predicted molar refractivity (Wildman–Crippen MR) is 113 cm³/mol. The number of hydrogen-bond acceptors (Lipinski definition) is 6. The van der Waals surface area contributed by atoms with Crippen LogP contribution in [0, 0.1) is 6.92 Å². The molecule has 29 heavy (non-hydrogen) atoms. The molecule has 2 aliphatic heterocycles. The van der Waals surface area contributed by atoms with Crippen LogP contribution < -0.4 is 5.32 Å². The van der Waals surface area contributed by atoms with E-state index in [4.69, 9.17) is 0 Å². The number of carbonyl (C=O) groups is 1. The number of amides is 1. The van der Waals surface area contributed by atoms with Gasteiger partial charge in [0.25, 0.3) is 0 Å². The topological polar surface area (TPSA) is 87.5 Å². The molecule has 3 heterocycles. The fourth-order valence-electron chi connectivity index (χ4n) is 4.73. The van der Waals surface area contributed by atoms with Crippen LogP contribution in [-0.2, 0) is 14.6 Å². The standard InChI is InChI=1S/C20H33N5O3S/c1-3-23-9-6-17(7-10-23)24(16-4-5-16)13-20(26)21-19-12-15(2)22-25(19)18-8-11-29(27,28)14-18/h12,16-18H,3-11,13-14H2,1-2H3,(H,21,26)/t18-/m1/s1. The molecule has 0 radical (unpaired) electrons.